The second kappa shape index (κ2) is 8.89. The van der Waals surface area contributed by atoms with Crippen LogP contribution < -0.4 is 10.9 Å². The highest BCUT2D eigenvalue weighted by Gasteiger charge is 2.28. The van der Waals surface area contributed by atoms with Crippen LogP contribution >= 0.6 is 11.8 Å². The summed E-state index contributed by atoms with van der Waals surface area (Å²) in [5.41, 5.74) is 0.647. The topological polar surface area (TPSA) is 67.2 Å². The molecular formula is C20H28N4O2S. The predicted octanol–water partition coefficient (Wildman–Crippen LogP) is 2.36. The van der Waals surface area contributed by atoms with Crippen LogP contribution in [0.4, 0.5) is 0 Å². The van der Waals surface area contributed by atoms with Crippen LogP contribution in [0.3, 0.4) is 0 Å². The number of para-hydroxylation sites is 1. The van der Waals surface area contributed by atoms with Gasteiger partial charge in [0.15, 0.2) is 5.16 Å². The summed E-state index contributed by atoms with van der Waals surface area (Å²) in [7, 11) is 4.03. The van der Waals surface area contributed by atoms with Crippen LogP contribution in [0.15, 0.2) is 34.2 Å². The Labute approximate surface area is 164 Å². The number of benzene rings is 1. The SMILES string of the molecule is C[C@@H](NC(=O)CSc1nc2ccccc2c(=O)n1CCCN(C)C)C1CC1. The molecule has 27 heavy (non-hydrogen) atoms. The number of aromatic nitrogens is 2. The van der Waals surface area contributed by atoms with E-state index in [1.807, 2.05) is 38.4 Å². The van der Waals surface area contributed by atoms with E-state index in [2.05, 4.69) is 22.1 Å². The number of rotatable bonds is 9. The monoisotopic (exact) mass is 388 g/mol. The van der Waals surface area contributed by atoms with Gasteiger partial charge < -0.3 is 10.2 Å². The van der Waals surface area contributed by atoms with Crippen molar-refractivity contribution in [2.45, 2.75) is 43.9 Å². The summed E-state index contributed by atoms with van der Waals surface area (Å²) in [4.78, 5) is 32.0. The average molecular weight is 389 g/mol. The fourth-order valence-corrected chi connectivity index (χ4v) is 3.98. The van der Waals surface area contributed by atoms with Gasteiger partial charge in [0.2, 0.25) is 5.91 Å². The third-order valence-corrected chi connectivity index (χ3v) is 5.84. The smallest absolute Gasteiger partial charge is 0.262 e. The van der Waals surface area contributed by atoms with E-state index in [1.54, 1.807) is 4.57 Å². The molecule has 3 rings (SSSR count). The molecule has 6 nitrogen and oxygen atoms in total. The zero-order chi connectivity index (χ0) is 19.4. The lowest BCUT2D eigenvalue weighted by Crippen LogP contribution is -2.35. The highest BCUT2D eigenvalue weighted by atomic mass is 32.2. The van der Waals surface area contributed by atoms with E-state index < -0.39 is 0 Å². The van der Waals surface area contributed by atoms with Crippen molar-refractivity contribution in [2.75, 3.05) is 26.4 Å². The Morgan fingerprint density at radius 3 is 2.81 bits per heavy atom. The molecule has 1 N–H and O–H groups in total. The van der Waals surface area contributed by atoms with Crippen LogP contribution in [0.25, 0.3) is 10.9 Å². The van der Waals surface area contributed by atoms with E-state index in [1.165, 1.54) is 24.6 Å². The van der Waals surface area contributed by atoms with Crippen molar-refractivity contribution in [1.82, 2.24) is 19.8 Å². The third-order valence-electron chi connectivity index (χ3n) is 4.86. The number of nitrogens with zero attached hydrogens (tertiary/aromatic N) is 3. The normalized spacial score (nSPS) is 15.3. The molecule has 1 aliphatic rings. The van der Waals surface area contributed by atoms with Crippen molar-refractivity contribution in [3.63, 3.8) is 0 Å². The fraction of sp³-hybridized carbons (Fsp3) is 0.550. The second-order valence-electron chi connectivity index (χ2n) is 7.51. The van der Waals surface area contributed by atoms with Gasteiger partial charge in [-0.3, -0.25) is 14.2 Å². The van der Waals surface area contributed by atoms with Crippen molar-refractivity contribution in [3.05, 3.63) is 34.6 Å². The van der Waals surface area contributed by atoms with Gasteiger partial charge in [-0.15, -0.1) is 0 Å². The molecule has 0 spiro atoms. The molecule has 0 aliphatic heterocycles. The van der Waals surface area contributed by atoms with E-state index >= 15 is 0 Å². The van der Waals surface area contributed by atoms with Crippen LogP contribution in [0, 0.1) is 5.92 Å². The highest BCUT2D eigenvalue weighted by molar-refractivity contribution is 7.99. The quantitative estimate of drug-likeness (QED) is 0.528. The van der Waals surface area contributed by atoms with Crippen LogP contribution in [-0.2, 0) is 11.3 Å². The van der Waals surface area contributed by atoms with Crippen LogP contribution in [0.2, 0.25) is 0 Å². The first-order chi connectivity index (χ1) is 13.0. The molecule has 1 heterocycles. The average Bonchev–Trinajstić information content (AvgIpc) is 3.47. The minimum absolute atomic E-state index is 0.00153. The number of hydrogen-bond acceptors (Lipinski definition) is 5. The maximum absolute atomic E-state index is 12.9. The Balaban J connectivity index is 1.76. The molecule has 2 aromatic rings. The molecule has 0 bridgehead atoms. The first-order valence-corrected chi connectivity index (χ1v) is 10.5. The van der Waals surface area contributed by atoms with E-state index in [-0.39, 0.29) is 23.3 Å². The van der Waals surface area contributed by atoms with Crippen molar-refractivity contribution >= 4 is 28.6 Å². The van der Waals surface area contributed by atoms with Gasteiger partial charge in [-0.1, -0.05) is 23.9 Å². The van der Waals surface area contributed by atoms with Crippen molar-refractivity contribution in [2.24, 2.45) is 5.92 Å². The van der Waals surface area contributed by atoms with Crippen LogP contribution in [0.5, 0.6) is 0 Å². The zero-order valence-corrected chi connectivity index (χ0v) is 17.1. The summed E-state index contributed by atoms with van der Waals surface area (Å²) in [6.07, 6.45) is 3.25. The summed E-state index contributed by atoms with van der Waals surface area (Å²) in [5, 5.41) is 4.30. The summed E-state index contributed by atoms with van der Waals surface area (Å²) < 4.78 is 1.72. The van der Waals surface area contributed by atoms with Gasteiger partial charge in [0.25, 0.3) is 5.56 Å². The van der Waals surface area contributed by atoms with E-state index in [0.717, 1.165) is 13.0 Å². The Bertz CT molecular complexity index is 861. The number of fused-ring (bicyclic) bond motifs is 1. The molecule has 1 fully saturated rings. The lowest BCUT2D eigenvalue weighted by Gasteiger charge is -2.16. The first-order valence-electron chi connectivity index (χ1n) is 9.52. The Hall–Kier alpha value is -1.86. The Kier molecular flexibility index (Phi) is 6.55. The minimum Gasteiger partial charge on any atom is -0.353 e. The minimum atomic E-state index is -0.0337. The summed E-state index contributed by atoms with van der Waals surface area (Å²) in [6.45, 7) is 3.55. The maximum atomic E-state index is 12.9. The summed E-state index contributed by atoms with van der Waals surface area (Å²) in [5.74, 6) is 0.902. The fourth-order valence-electron chi connectivity index (χ4n) is 3.14. The van der Waals surface area contributed by atoms with Gasteiger partial charge in [0.05, 0.1) is 16.7 Å². The number of hydrogen-bond donors (Lipinski definition) is 1. The number of amides is 1. The van der Waals surface area contributed by atoms with Crippen molar-refractivity contribution in [1.29, 1.82) is 0 Å². The highest BCUT2D eigenvalue weighted by Crippen LogP contribution is 2.32. The van der Waals surface area contributed by atoms with Gasteiger partial charge in [-0.25, -0.2) is 4.98 Å². The lowest BCUT2D eigenvalue weighted by molar-refractivity contribution is -0.119. The number of nitrogens with one attached hydrogen (secondary N) is 1. The molecule has 7 heteroatoms. The van der Waals surface area contributed by atoms with Gasteiger partial charge in [0, 0.05) is 12.6 Å². The zero-order valence-electron chi connectivity index (χ0n) is 16.3. The Morgan fingerprint density at radius 2 is 2.11 bits per heavy atom. The van der Waals surface area contributed by atoms with E-state index in [4.69, 9.17) is 0 Å². The van der Waals surface area contributed by atoms with E-state index in [9.17, 15) is 9.59 Å². The first kappa shape index (κ1) is 19.9. The molecule has 0 unspecified atom stereocenters. The number of thioether (sulfide) groups is 1. The maximum Gasteiger partial charge on any atom is 0.262 e. The molecule has 1 amide bonds. The van der Waals surface area contributed by atoms with E-state index in [0.29, 0.717) is 28.5 Å². The van der Waals surface area contributed by atoms with Gasteiger partial charge in [0.1, 0.15) is 0 Å². The van der Waals surface area contributed by atoms with Crippen LogP contribution in [0.1, 0.15) is 26.2 Å². The molecule has 1 saturated carbocycles. The number of carbonyl (C=O) groups excluding carboxylic acids is 1. The largest absolute Gasteiger partial charge is 0.353 e. The van der Waals surface area contributed by atoms with Gasteiger partial charge >= 0.3 is 0 Å². The summed E-state index contributed by atoms with van der Waals surface area (Å²) in [6, 6.07) is 7.62. The number of carbonyl (C=O) groups is 1. The molecule has 0 saturated heterocycles. The standard InChI is InChI=1S/C20H28N4O2S/c1-14(15-9-10-15)21-18(25)13-27-20-22-17-8-5-4-7-16(17)19(26)24(20)12-6-11-23(2)3/h4-5,7-8,14-15H,6,9-13H2,1-3H3,(H,21,25)/t14-/m1/s1. The Morgan fingerprint density at radius 1 is 1.37 bits per heavy atom. The molecular weight excluding hydrogens is 360 g/mol. The molecule has 1 aromatic carbocycles. The molecule has 0 radical (unpaired) electrons. The van der Waals surface area contributed by atoms with Crippen molar-refractivity contribution in [3.8, 4) is 0 Å². The summed E-state index contributed by atoms with van der Waals surface area (Å²) >= 11 is 1.34. The van der Waals surface area contributed by atoms with Gasteiger partial charge in [-0.05, 0) is 64.9 Å². The molecule has 1 aromatic heterocycles. The van der Waals surface area contributed by atoms with Crippen molar-refractivity contribution < 1.29 is 4.79 Å². The third kappa shape index (κ3) is 5.32. The lowest BCUT2D eigenvalue weighted by atomic mass is 10.2. The molecule has 1 atom stereocenters. The van der Waals surface area contributed by atoms with Gasteiger partial charge in [-0.2, -0.15) is 0 Å². The second-order valence-corrected chi connectivity index (χ2v) is 8.45. The van der Waals surface area contributed by atoms with Crippen LogP contribution in [-0.4, -0.2) is 52.8 Å². The molecule has 1 aliphatic carbocycles. The predicted molar refractivity (Wildman–Crippen MR) is 110 cm³/mol. The molecule has 146 valence electrons.